The number of fused-ring (bicyclic) bond motifs is 1. The largest absolute Gasteiger partial charge is 0.459 e. The van der Waals surface area contributed by atoms with Crippen molar-refractivity contribution in [3.63, 3.8) is 0 Å². The fraction of sp³-hybridized carbons (Fsp3) is 0.467. The van der Waals surface area contributed by atoms with Gasteiger partial charge in [0.2, 0.25) is 5.91 Å². The van der Waals surface area contributed by atoms with Crippen LogP contribution in [0.5, 0.6) is 0 Å². The summed E-state index contributed by atoms with van der Waals surface area (Å²) >= 11 is 4.78. The number of amides is 1. The van der Waals surface area contributed by atoms with Crippen molar-refractivity contribution in [3.8, 4) is 0 Å². The summed E-state index contributed by atoms with van der Waals surface area (Å²) in [5.41, 5.74) is 0.317. The van der Waals surface area contributed by atoms with Crippen LogP contribution in [0.2, 0.25) is 0 Å². The lowest BCUT2D eigenvalue weighted by Gasteiger charge is -2.29. The molecule has 1 aromatic rings. The molecule has 0 saturated carbocycles. The van der Waals surface area contributed by atoms with Crippen molar-refractivity contribution in [2.24, 2.45) is 0 Å². The molecule has 0 radical (unpaired) electrons. The van der Waals surface area contributed by atoms with Gasteiger partial charge in [0.05, 0.1) is 4.87 Å². The molecule has 2 atom stereocenters. The number of halogens is 2. The molecule has 118 valence electrons. The monoisotopic (exact) mass is 387 g/mol. The highest BCUT2D eigenvalue weighted by Crippen LogP contribution is 2.47. The van der Waals surface area contributed by atoms with Crippen LogP contribution in [0.25, 0.3) is 0 Å². The van der Waals surface area contributed by atoms with Crippen molar-refractivity contribution in [2.75, 3.05) is 5.75 Å². The molecule has 7 heteroatoms. The second-order valence-electron chi connectivity index (χ2n) is 5.61. The Balaban J connectivity index is 1.66. The second-order valence-corrected chi connectivity index (χ2v) is 8.03. The summed E-state index contributed by atoms with van der Waals surface area (Å²) in [4.78, 5) is 25.6. The third-order valence-electron chi connectivity index (χ3n) is 4.10. The summed E-state index contributed by atoms with van der Waals surface area (Å²) in [7, 11) is 0. The van der Waals surface area contributed by atoms with Gasteiger partial charge in [-0.25, -0.2) is 9.18 Å². The molecule has 0 unspecified atom stereocenters. The zero-order chi connectivity index (χ0) is 15.9. The summed E-state index contributed by atoms with van der Waals surface area (Å²) < 4.78 is 19.6. The van der Waals surface area contributed by atoms with Crippen molar-refractivity contribution >= 4 is 39.6 Å². The number of ether oxygens (including phenoxy) is 1. The maximum Gasteiger partial charge on any atom is 0.330 e. The highest BCUT2D eigenvalue weighted by molar-refractivity contribution is 9.10. The predicted molar refractivity (Wildman–Crippen MR) is 84.6 cm³/mol. The minimum absolute atomic E-state index is 0.00993. The van der Waals surface area contributed by atoms with Crippen LogP contribution in [0.4, 0.5) is 4.39 Å². The summed E-state index contributed by atoms with van der Waals surface area (Å²) in [5, 5.41) is 0. The van der Waals surface area contributed by atoms with E-state index in [0.29, 0.717) is 22.2 Å². The maximum atomic E-state index is 13.7. The van der Waals surface area contributed by atoms with E-state index < -0.39 is 17.8 Å². The first kappa shape index (κ1) is 15.8. The molecule has 2 aliphatic heterocycles. The van der Waals surface area contributed by atoms with Gasteiger partial charge in [-0.1, -0.05) is 22.0 Å². The number of benzene rings is 1. The van der Waals surface area contributed by atoms with Gasteiger partial charge in [-0.05, 0) is 25.5 Å². The highest BCUT2D eigenvalue weighted by atomic mass is 79.9. The SMILES string of the molecule is C[C@]12CCC(=O)N1[C@@H](C(=O)OCc1ccc(Br)cc1F)CS2. The maximum absolute atomic E-state index is 13.7. The summed E-state index contributed by atoms with van der Waals surface area (Å²) in [6, 6.07) is 4.03. The zero-order valence-corrected chi connectivity index (χ0v) is 14.4. The first-order valence-electron chi connectivity index (χ1n) is 6.97. The molecule has 2 saturated heterocycles. The van der Waals surface area contributed by atoms with Crippen LogP contribution in [0, 0.1) is 5.82 Å². The smallest absolute Gasteiger partial charge is 0.330 e. The van der Waals surface area contributed by atoms with E-state index in [1.165, 1.54) is 6.07 Å². The molecule has 1 amide bonds. The van der Waals surface area contributed by atoms with Gasteiger partial charge in [0.15, 0.2) is 0 Å². The van der Waals surface area contributed by atoms with E-state index >= 15 is 0 Å². The lowest BCUT2D eigenvalue weighted by atomic mass is 10.2. The molecule has 0 bridgehead atoms. The number of carbonyl (C=O) groups is 2. The van der Waals surface area contributed by atoms with Crippen molar-refractivity contribution in [1.82, 2.24) is 4.90 Å². The van der Waals surface area contributed by atoms with Gasteiger partial charge < -0.3 is 9.64 Å². The van der Waals surface area contributed by atoms with E-state index in [1.54, 1.807) is 28.8 Å². The van der Waals surface area contributed by atoms with Gasteiger partial charge >= 0.3 is 5.97 Å². The lowest BCUT2D eigenvalue weighted by Crippen LogP contribution is -2.46. The van der Waals surface area contributed by atoms with Gasteiger partial charge in [0, 0.05) is 22.2 Å². The average Bonchev–Trinajstić information content (AvgIpc) is 2.95. The Morgan fingerprint density at radius 3 is 3.09 bits per heavy atom. The molecule has 0 N–H and O–H groups in total. The van der Waals surface area contributed by atoms with Crippen molar-refractivity contribution < 1.29 is 18.7 Å². The van der Waals surface area contributed by atoms with E-state index in [4.69, 9.17) is 4.74 Å². The Morgan fingerprint density at radius 1 is 1.59 bits per heavy atom. The van der Waals surface area contributed by atoms with E-state index in [1.807, 2.05) is 6.92 Å². The number of carbonyl (C=O) groups excluding carboxylic acids is 2. The summed E-state index contributed by atoms with van der Waals surface area (Å²) in [5.74, 6) is -0.368. The molecule has 0 aliphatic carbocycles. The van der Waals surface area contributed by atoms with Crippen LogP contribution in [0.1, 0.15) is 25.3 Å². The fourth-order valence-electron chi connectivity index (χ4n) is 2.88. The number of rotatable bonds is 3. The predicted octanol–water partition coefficient (Wildman–Crippen LogP) is 3.09. The summed E-state index contributed by atoms with van der Waals surface area (Å²) in [6.45, 7) is 1.85. The standard InChI is InChI=1S/C15H15BrFNO3S/c1-15-5-4-13(19)18(15)12(8-22-15)14(20)21-7-9-2-3-10(16)6-11(9)17/h2-3,6,12H,4-5,7-8H2,1H3/t12-,15+/m1/s1. The molecule has 22 heavy (non-hydrogen) atoms. The Labute approximate surface area is 140 Å². The normalized spacial score (nSPS) is 27.1. The van der Waals surface area contributed by atoms with Gasteiger partial charge in [-0.3, -0.25) is 4.79 Å². The van der Waals surface area contributed by atoms with Gasteiger partial charge in [0.25, 0.3) is 0 Å². The minimum Gasteiger partial charge on any atom is -0.459 e. The first-order chi connectivity index (χ1) is 10.4. The van der Waals surface area contributed by atoms with E-state index in [9.17, 15) is 14.0 Å². The van der Waals surface area contributed by atoms with Crippen LogP contribution in [0.15, 0.2) is 22.7 Å². The van der Waals surface area contributed by atoms with Crippen molar-refractivity contribution in [2.45, 2.75) is 37.3 Å². The number of esters is 1. The van der Waals surface area contributed by atoms with E-state index in [2.05, 4.69) is 15.9 Å². The lowest BCUT2D eigenvalue weighted by molar-refractivity contribution is -0.154. The molecule has 1 aromatic carbocycles. The molecular formula is C15H15BrFNO3S. The van der Waals surface area contributed by atoms with Gasteiger partial charge in [0.1, 0.15) is 18.5 Å². The molecule has 2 heterocycles. The Kier molecular flexibility index (Phi) is 4.20. The van der Waals surface area contributed by atoms with Crippen molar-refractivity contribution in [3.05, 3.63) is 34.1 Å². The third-order valence-corrected chi connectivity index (χ3v) is 6.10. The minimum atomic E-state index is -0.566. The van der Waals surface area contributed by atoms with Crippen LogP contribution in [-0.2, 0) is 20.9 Å². The third kappa shape index (κ3) is 2.76. The number of hydrogen-bond donors (Lipinski definition) is 0. The van der Waals surface area contributed by atoms with Crippen molar-refractivity contribution in [1.29, 1.82) is 0 Å². The summed E-state index contributed by atoms with van der Waals surface area (Å²) in [6.07, 6.45) is 1.22. The molecule has 0 aromatic heterocycles. The van der Waals surface area contributed by atoms with Crippen LogP contribution >= 0.6 is 27.7 Å². The highest BCUT2D eigenvalue weighted by Gasteiger charge is 2.53. The topological polar surface area (TPSA) is 46.6 Å². The molecule has 4 nitrogen and oxygen atoms in total. The molecular weight excluding hydrogens is 373 g/mol. The van der Waals surface area contributed by atoms with Gasteiger partial charge in [-0.15, -0.1) is 11.8 Å². The van der Waals surface area contributed by atoms with Crippen LogP contribution < -0.4 is 0 Å². The zero-order valence-electron chi connectivity index (χ0n) is 12.0. The molecule has 2 aliphatic rings. The molecule has 0 spiro atoms. The average molecular weight is 388 g/mol. The number of nitrogens with zero attached hydrogens (tertiary/aromatic N) is 1. The molecule has 3 rings (SSSR count). The van der Waals surface area contributed by atoms with E-state index in [0.717, 1.165) is 6.42 Å². The fourth-order valence-corrected chi connectivity index (χ4v) is 4.63. The number of hydrogen-bond acceptors (Lipinski definition) is 4. The second kappa shape index (κ2) is 5.85. The quantitative estimate of drug-likeness (QED) is 0.747. The Bertz CT molecular complexity index is 641. The molecule has 2 fully saturated rings. The Morgan fingerprint density at radius 2 is 2.36 bits per heavy atom. The first-order valence-corrected chi connectivity index (χ1v) is 8.75. The van der Waals surface area contributed by atoms with Gasteiger partial charge in [-0.2, -0.15) is 0 Å². The number of thioether (sulfide) groups is 1. The van der Waals surface area contributed by atoms with Crippen LogP contribution in [0.3, 0.4) is 0 Å². The van der Waals surface area contributed by atoms with E-state index in [-0.39, 0.29) is 17.4 Å². The Hall–Kier alpha value is -1.08. The van der Waals surface area contributed by atoms with Crippen LogP contribution in [-0.4, -0.2) is 33.4 Å².